The van der Waals surface area contributed by atoms with Gasteiger partial charge in [0.05, 0.1) is 0 Å². The monoisotopic (exact) mass is 216 g/mol. The fourth-order valence-corrected chi connectivity index (χ4v) is 2.63. The van der Waals surface area contributed by atoms with E-state index in [-0.39, 0.29) is 0 Å². The largest absolute Gasteiger partial charge is 0.508 e. The standard InChI is InChI=1S/C15H20O/c1-11-8-9-14(16)10-15(11)12(2)13-6-4-3-5-7-13/h8-10,13,16H,2-7H2,1H3. The van der Waals surface area contributed by atoms with E-state index in [0.717, 1.165) is 5.56 Å². The molecule has 0 atom stereocenters. The molecule has 0 heterocycles. The molecule has 0 radical (unpaired) electrons. The molecule has 2 rings (SSSR count). The Morgan fingerprint density at radius 3 is 2.62 bits per heavy atom. The van der Waals surface area contributed by atoms with Gasteiger partial charge in [0.1, 0.15) is 5.75 Å². The van der Waals surface area contributed by atoms with Gasteiger partial charge in [0.2, 0.25) is 0 Å². The summed E-state index contributed by atoms with van der Waals surface area (Å²) in [5.41, 5.74) is 3.58. The van der Waals surface area contributed by atoms with Gasteiger partial charge in [0.15, 0.2) is 0 Å². The zero-order chi connectivity index (χ0) is 11.5. The van der Waals surface area contributed by atoms with Gasteiger partial charge in [0.25, 0.3) is 0 Å². The lowest BCUT2D eigenvalue weighted by atomic mass is 9.81. The molecule has 0 amide bonds. The van der Waals surface area contributed by atoms with E-state index in [0.29, 0.717) is 11.7 Å². The SMILES string of the molecule is C=C(c1cc(O)ccc1C)C1CCCCC1. The van der Waals surface area contributed by atoms with E-state index in [1.165, 1.54) is 43.2 Å². The summed E-state index contributed by atoms with van der Waals surface area (Å²) in [4.78, 5) is 0. The number of phenolic OH excluding ortho intramolecular Hbond substituents is 1. The molecule has 16 heavy (non-hydrogen) atoms. The molecule has 0 saturated heterocycles. The third-order valence-corrected chi connectivity index (χ3v) is 3.67. The quantitative estimate of drug-likeness (QED) is 0.781. The van der Waals surface area contributed by atoms with Crippen LogP contribution in [-0.4, -0.2) is 5.11 Å². The molecule has 1 aromatic carbocycles. The summed E-state index contributed by atoms with van der Waals surface area (Å²) >= 11 is 0. The lowest BCUT2D eigenvalue weighted by molar-refractivity contribution is 0.429. The molecule has 86 valence electrons. The highest BCUT2D eigenvalue weighted by molar-refractivity contribution is 5.69. The van der Waals surface area contributed by atoms with E-state index in [1.807, 2.05) is 12.1 Å². The van der Waals surface area contributed by atoms with Crippen LogP contribution in [0, 0.1) is 12.8 Å². The third-order valence-electron chi connectivity index (χ3n) is 3.67. The summed E-state index contributed by atoms with van der Waals surface area (Å²) < 4.78 is 0. The van der Waals surface area contributed by atoms with Crippen molar-refractivity contribution in [3.05, 3.63) is 35.9 Å². The highest BCUT2D eigenvalue weighted by Crippen LogP contribution is 2.36. The van der Waals surface area contributed by atoms with Crippen molar-refractivity contribution >= 4 is 5.57 Å². The van der Waals surface area contributed by atoms with E-state index < -0.39 is 0 Å². The molecule has 0 unspecified atom stereocenters. The summed E-state index contributed by atoms with van der Waals surface area (Å²) in [6.45, 7) is 6.33. The number of allylic oxidation sites excluding steroid dienone is 1. The van der Waals surface area contributed by atoms with Crippen LogP contribution in [0.4, 0.5) is 0 Å². The molecule has 1 fully saturated rings. The van der Waals surface area contributed by atoms with Crippen LogP contribution in [0.1, 0.15) is 43.2 Å². The Bertz CT molecular complexity index is 386. The van der Waals surface area contributed by atoms with Gasteiger partial charge in [-0.3, -0.25) is 0 Å². The number of benzene rings is 1. The molecule has 1 aliphatic carbocycles. The molecule has 0 aromatic heterocycles. The first-order valence-corrected chi connectivity index (χ1v) is 6.17. The number of aromatic hydroxyl groups is 1. The first-order chi connectivity index (χ1) is 7.68. The maximum Gasteiger partial charge on any atom is 0.116 e. The molecule has 1 nitrogen and oxygen atoms in total. The average molecular weight is 216 g/mol. The summed E-state index contributed by atoms with van der Waals surface area (Å²) in [5.74, 6) is 0.965. The van der Waals surface area contributed by atoms with Crippen molar-refractivity contribution in [3.63, 3.8) is 0 Å². The Morgan fingerprint density at radius 1 is 1.25 bits per heavy atom. The number of hydrogen-bond donors (Lipinski definition) is 1. The third kappa shape index (κ3) is 2.29. The van der Waals surface area contributed by atoms with Crippen molar-refractivity contribution < 1.29 is 5.11 Å². The van der Waals surface area contributed by atoms with Crippen LogP contribution in [0.5, 0.6) is 5.75 Å². The molecule has 0 aliphatic heterocycles. The average Bonchev–Trinajstić information content (AvgIpc) is 2.32. The molecule has 1 saturated carbocycles. The number of aryl methyl sites for hydroxylation is 1. The number of hydrogen-bond acceptors (Lipinski definition) is 1. The predicted molar refractivity (Wildman–Crippen MR) is 68.5 cm³/mol. The van der Waals surface area contributed by atoms with Crippen LogP contribution in [0.15, 0.2) is 24.8 Å². The smallest absolute Gasteiger partial charge is 0.116 e. The first kappa shape index (κ1) is 11.3. The minimum absolute atomic E-state index is 0.345. The van der Waals surface area contributed by atoms with Crippen molar-refractivity contribution in [2.75, 3.05) is 0 Å². The maximum atomic E-state index is 9.54. The molecule has 0 bridgehead atoms. The molecule has 1 aromatic rings. The zero-order valence-corrected chi connectivity index (χ0v) is 10.00. The summed E-state index contributed by atoms with van der Waals surface area (Å²) in [7, 11) is 0. The van der Waals surface area contributed by atoms with Crippen LogP contribution >= 0.6 is 0 Å². The molecule has 1 aliphatic rings. The van der Waals surface area contributed by atoms with E-state index >= 15 is 0 Å². The van der Waals surface area contributed by atoms with E-state index in [9.17, 15) is 5.11 Å². The predicted octanol–water partition coefficient (Wildman–Crippen LogP) is 4.29. The van der Waals surface area contributed by atoms with Crippen molar-refractivity contribution in [1.29, 1.82) is 0 Å². The molecular weight excluding hydrogens is 196 g/mol. The van der Waals surface area contributed by atoms with Crippen LogP contribution in [0.2, 0.25) is 0 Å². The lowest BCUT2D eigenvalue weighted by Gasteiger charge is -2.24. The normalized spacial score (nSPS) is 17.3. The van der Waals surface area contributed by atoms with Gasteiger partial charge in [-0.15, -0.1) is 0 Å². The summed E-state index contributed by atoms with van der Waals surface area (Å²) in [6.07, 6.45) is 6.52. The molecule has 1 heteroatoms. The second-order valence-corrected chi connectivity index (χ2v) is 4.86. The van der Waals surface area contributed by atoms with Gasteiger partial charge < -0.3 is 5.11 Å². The summed E-state index contributed by atoms with van der Waals surface area (Å²) in [5, 5.41) is 9.54. The first-order valence-electron chi connectivity index (χ1n) is 6.17. The number of phenols is 1. The Kier molecular flexibility index (Phi) is 3.33. The molecular formula is C15H20O. The Hall–Kier alpha value is -1.24. The second-order valence-electron chi connectivity index (χ2n) is 4.86. The van der Waals surface area contributed by atoms with Crippen LogP contribution in [0.3, 0.4) is 0 Å². The van der Waals surface area contributed by atoms with Gasteiger partial charge in [-0.05, 0) is 54.5 Å². The molecule has 1 N–H and O–H groups in total. The van der Waals surface area contributed by atoms with Gasteiger partial charge >= 0.3 is 0 Å². The number of rotatable bonds is 2. The minimum Gasteiger partial charge on any atom is -0.508 e. The van der Waals surface area contributed by atoms with Crippen molar-refractivity contribution in [3.8, 4) is 5.75 Å². The minimum atomic E-state index is 0.345. The van der Waals surface area contributed by atoms with Crippen LogP contribution in [0.25, 0.3) is 5.57 Å². The fourth-order valence-electron chi connectivity index (χ4n) is 2.63. The topological polar surface area (TPSA) is 20.2 Å². The van der Waals surface area contributed by atoms with Gasteiger partial charge in [-0.25, -0.2) is 0 Å². The maximum absolute atomic E-state index is 9.54. The van der Waals surface area contributed by atoms with E-state index in [4.69, 9.17) is 0 Å². The van der Waals surface area contributed by atoms with Gasteiger partial charge in [-0.1, -0.05) is 31.9 Å². The second kappa shape index (κ2) is 4.73. The summed E-state index contributed by atoms with van der Waals surface area (Å²) in [6, 6.07) is 5.57. The Balaban J connectivity index is 2.22. The lowest BCUT2D eigenvalue weighted by Crippen LogP contribution is -2.08. The van der Waals surface area contributed by atoms with E-state index in [2.05, 4.69) is 13.5 Å². The van der Waals surface area contributed by atoms with Gasteiger partial charge in [0, 0.05) is 0 Å². The van der Waals surface area contributed by atoms with Gasteiger partial charge in [-0.2, -0.15) is 0 Å². The fraction of sp³-hybridized carbons (Fsp3) is 0.467. The van der Waals surface area contributed by atoms with Crippen molar-refractivity contribution in [2.45, 2.75) is 39.0 Å². The van der Waals surface area contributed by atoms with Crippen molar-refractivity contribution in [2.24, 2.45) is 5.92 Å². The van der Waals surface area contributed by atoms with Crippen LogP contribution in [-0.2, 0) is 0 Å². The van der Waals surface area contributed by atoms with Crippen molar-refractivity contribution in [1.82, 2.24) is 0 Å². The zero-order valence-electron chi connectivity index (χ0n) is 10.00. The van der Waals surface area contributed by atoms with Crippen LogP contribution < -0.4 is 0 Å². The highest BCUT2D eigenvalue weighted by atomic mass is 16.3. The Labute approximate surface area is 97.8 Å². The Morgan fingerprint density at radius 2 is 1.94 bits per heavy atom. The molecule has 0 spiro atoms. The highest BCUT2D eigenvalue weighted by Gasteiger charge is 2.18. The van der Waals surface area contributed by atoms with E-state index in [1.54, 1.807) is 6.07 Å².